The normalized spacial score (nSPS) is 11.2. The highest BCUT2D eigenvalue weighted by molar-refractivity contribution is 5.82. The third-order valence-corrected chi connectivity index (χ3v) is 3.06. The van der Waals surface area contributed by atoms with E-state index < -0.39 is 21.8 Å². The Labute approximate surface area is 116 Å². The molecule has 6 nitrogen and oxygen atoms in total. The van der Waals surface area contributed by atoms with Crippen LogP contribution >= 0.6 is 0 Å². The Morgan fingerprint density at radius 2 is 2.20 bits per heavy atom. The highest BCUT2D eigenvalue weighted by atomic mass is 19.1. The zero-order valence-corrected chi connectivity index (χ0v) is 11.5. The first kappa shape index (κ1) is 15.9. The van der Waals surface area contributed by atoms with Crippen molar-refractivity contribution in [3.05, 3.63) is 34.1 Å². The summed E-state index contributed by atoms with van der Waals surface area (Å²) in [6.45, 7) is 4.05. The van der Waals surface area contributed by atoms with E-state index in [0.717, 1.165) is 12.1 Å². The van der Waals surface area contributed by atoms with Crippen molar-refractivity contribution in [1.82, 2.24) is 0 Å². The Morgan fingerprint density at radius 3 is 2.70 bits per heavy atom. The van der Waals surface area contributed by atoms with Crippen LogP contribution in [0.5, 0.6) is 5.75 Å². The monoisotopic (exact) mass is 283 g/mol. The minimum absolute atomic E-state index is 0.110. The molecule has 110 valence electrons. The van der Waals surface area contributed by atoms with Crippen molar-refractivity contribution in [3.63, 3.8) is 0 Å². The van der Waals surface area contributed by atoms with Gasteiger partial charge >= 0.3 is 5.69 Å². The number of halogens is 1. The van der Waals surface area contributed by atoms with Gasteiger partial charge in [-0.25, -0.2) is 0 Å². The molecule has 0 aromatic heterocycles. The smallest absolute Gasteiger partial charge is 0.305 e. The maximum Gasteiger partial charge on any atom is 0.305 e. The SMILES string of the molecule is CC(C)(CCCOc1ccc([N+](=O)[O-])c(F)c1)C(=N)N. The molecule has 1 rings (SSSR count). The second-order valence-corrected chi connectivity index (χ2v) is 5.12. The van der Waals surface area contributed by atoms with Gasteiger partial charge in [-0.1, -0.05) is 13.8 Å². The minimum Gasteiger partial charge on any atom is -0.493 e. The summed E-state index contributed by atoms with van der Waals surface area (Å²) in [6.07, 6.45) is 1.31. The largest absolute Gasteiger partial charge is 0.493 e. The molecule has 0 aliphatic carbocycles. The highest BCUT2D eigenvalue weighted by Gasteiger charge is 2.21. The molecular weight excluding hydrogens is 265 g/mol. The van der Waals surface area contributed by atoms with E-state index in [1.165, 1.54) is 6.07 Å². The summed E-state index contributed by atoms with van der Waals surface area (Å²) in [5, 5.41) is 17.9. The molecule has 0 radical (unpaired) electrons. The molecule has 0 aliphatic heterocycles. The van der Waals surface area contributed by atoms with Gasteiger partial charge in [0.05, 0.1) is 17.4 Å². The lowest BCUT2D eigenvalue weighted by atomic mass is 9.87. The van der Waals surface area contributed by atoms with Gasteiger partial charge in [-0.05, 0) is 18.9 Å². The molecule has 20 heavy (non-hydrogen) atoms. The van der Waals surface area contributed by atoms with E-state index in [4.69, 9.17) is 15.9 Å². The first-order valence-corrected chi connectivity index (χ1v) is 6.15. The van der Waals surface area contributed by atoms with Gasteiger partial charge in [-0.3, -0.25) is 15.5 Å². The van der Waals surface area contributed by atoms with Crippen molar-refractivity contribution < 1.29 is 14.1 Å². The van der Waals surface area contributed by atoms with Gasteiger partial charge in [-0.15, -0.1) is 0 Å². The summed E-state index contributed by atoms with van der Waals surface area (Å²) in [5.74, 6) is -0.566. The second kappa shape index (κ2) is 6.31. The van der Waals surface area contributed by atoms with Gasteiger partial charge in [0.15, 0.2) is 0 Å². The molecule has 1 aromatic rings. The van der Waals surface area contributed by atoms with E-state index >= 15 is 0 Å². The summed E-state index contributed by atoms with van der Waals surface area (Å²) in [4.78, 5) is 9.68. The molecule has 0 atom stereocenters. The number of nitrogens with two attached hydrogens (primary N) is 1. The van der Waals surface area contributed by atoms with Crippen LogP contribution in [-0.4, -0.2) is 17.4 Å². The summed E-state index contributed by atoms with van der Waals surface area (Å²) < 4.78 is 18.7. The Morgan fingerprint density at radius 1 is 1.55 bits per heavy atom. The first-order valence-electron chi connectivity index (χ1n) is 6.15. The van der Waals surface area contributed by atoms with E-state index in [1.54, 1.807) is 0 Å². The van der Waals surface area contributed by atoms with Gasteiger partial charge in [-0.2, -0.15) is 4.39 Å². The second-order valence-electron chi connectivity index (χ2n) is 5.12. The predicted molar refractivity (Wildman–Crippen MR) is 73.5 cm³/mol. The maximum absolute atomic E-state index is 13.3. The molecule has 0 heterocycles. The number of rotatable bonds is 7. The third kappa shape index (κ3) is 4.18. The van der Waals surface area contributed by atoms with E-state index in [9.17, 15) is 14.5 Å². The number of amidine groups is 1. The number of benzene rings is 1. The van der Waals surface area contributed by atoms with E-state index in [-0.39, 0.29) is 11.6 Å². The van der Waals surface area contributed by atoms with Crippen molar-refractivity contribution in [2.45, 2.75) is 26.7 Å². The van der Waals surface area contributed by atoms with Gasteiger partial charge in [0.25, 0.3) is 0 Å². The average Bonchev–Trinajstić information content (AvgIpc) is 2.34. The van der Waals surface area contributed by atoms with Crippen LogP contribution in [0.2, 0.25) is 0 Å². The maximum atomic E-state index is 13.3. The molecule has 0 saturated carbocycles. The molecular formula is C13H18FN3O3. The number of hydrogen-bond acceptors (Lipinski definition) is 4. The number of ether oxygens (including phenoxy) is 1. The van der Waals surface area contributed by atoms with Crippen LogP contribution in [0.25, 0.3) is 0 Å². The molecule has 0 aliphatic rings. The quantitative estimate of drug-likeness (QED) is 0.264. The van der Waals surface area contributed by atoms with Crippen LogP contribution in [0.3, 0.4) is 0 Å². The fourth-order valence-corrected chi connectivity index (χ4v) is 1.56. The average molecular weight is 283 g/mol. The van der Waals surface area contributed by atoms with Crippen LogP contribution in [0.4, 0.5) is 10.1 Å². The number of hydrogen-bond donors (Lipinski definition) is 2. The van der Waals surface area contributed by atoms with Crippen LogP contribution in [0.1, 0.15) is 26.7 Å². The summed E-state index contributed by atoms with van der Waals surface area (Å²) in [7, 11) is 0. The van der Waals surface area contributed by atoms with Gasteiger partial charge in [0.2, 0.25) is 5.82 Å². The van der Waals surface area contributed by atoms with Crippen molar-refractivity contribution in [3.8, 4) is 5.75 Å². The third-order valence-electron chi connectivity index (χ3n) is 3.06. The number of nitrogens with zero attached hydrogens (tertiary/aromatic N) is 1. The molecule has 0 spiro atoms. The lowest BCUT2D eigenvalue weighted by molar-refractivity contribution is -0.387. The molecule has 3 N–H and O–H groups in total. The lowest BCUT2D eigenvalue weighted by Gasteiger charge is -2.22. The number of nitrogens with one attached hydrogen (secondary N) is 1. The number of nitro benzene ring substituents is 1. The van der Waals surface area contributed by atoms with Crippen molar-refractivity contribution in [2.24, 2.45) is 11.1 Å². The van der Waals surface area contributed by atoms with Crippen LogP contribution in [-0.2, 0) is 0 Å². The molecule has 1 aromatic carbocycles. The Hall–Kier alpha value is -2.18. The summed E-state index contributed by atoms with van der Waals surface area (Å²) in [5.41, 5.74) is 4.48. The van der Waals surface area contributed by atoms with E-state index in [2.05, 4.69) is 0 Å². The molecule has 0 fully saturated rings. The summed E-state index contributed by atoms with van der Waals surface area (Å²) >= 11 is 0. The van der Waals surface area contributed by atoms with Crippen molar-refractivity contribution in [1.29, 1.82) is 5.41 Å². The minimum atomic E-state index is -0.920. The van der Waals surface area contributed by atoms with Gasteiger partial charge in [0.1, 0.15) is 5.75 Å². The molecule has 0 amide bonds. The fourth-order valence-electron chi connectivity index (χ4n) is 1.56. The van der Waals surface area contributed by atoms with Crippen LogP contribution in [0.15, 0.2) is 18.2 Å². The highest BCUT2D eigenvalue weighted by Crippen LogP contribution is 2.24. The molecule has 0 unspecified atom stereocenters. The Balaban J connectivity index is 2.49. The predicted octanol–water partition coefficient (Wildman–Crippen LogP) is 2.86. The standard InChI is InChI=1S/C13H18FN3O3/c1-13(2,12(15)16)6-3-7-20-9-4-5-11(17(18)19)10(14)8-9/h4-5,8H,3,6-7H2,1-2H3,(H3,15,16). The Kier molecular flexibility index (Phi) is 5.01. The Bertz CT molecular complexity index is 518. The summed E-state index contributed by atoms with van der Waals surface area (Å²) in [6, 6.07) is 3.43. The zero-order valence-electron chi connectivity index (χ0n) is 11.5. The fraction of sp³-hybridized carbons (Fsp3) is 0.462. The van der Waals surface area contributed by atoms with E-state index in [1.807, 2.05) is 13.8 Å². The molecule has 0 bridgehead atoms. The van der Waals surface area contributed by atoms with Gasteiger partial charge < -0.3 is 10.5 Å². The van der Waals surface area contributed by atoms with Crippen LogP contribution < -0.4 is 10.5 Å². The first-order chi connectivity index (χ1) is 9.24. The van der Waals surface area contributed by atoms with Crippen molar-refractivity contribution in [2.75, 3.05) is 6.61 Å². The van der Waals surface area contributed by atoms with Crippen LogP contribution in [0, 0.1) is 26.8 Å². The molecule has 7 heteroatoms. The number of nitro groups is 1. The van der Waals surface area contributed by atoms with E-state index in [0.29, 0.717) is 19.4 Å². The van der Waals surface area contributed by atoms with Gasteiger partial charge in [0, 0.05) is 17.5 Å². The molecule has 0 saturated heterocycles. The lowest BCUT2D eigenvalue weighted by Crippen LogP contribution is -2.31. The topological polar surface area (TPSA) is 102 Å². The zero-order chi connectivity index (χ0) is 15.3. The van der Waals surface area contributed by atoms with Crippen molar-refractivity contribution >= 4 is 11.5 Å².